The van der Waals surface area contributed by atoms with Crippen LogP contribution >= 0.6 is 0 Å². The lowest BCUT2D eigenvalue weighted by Crippen LogP contribution is -2.25. The van der Waals surface area contributed by atoms with Crippen LogP contribution in [0.4, 0.5) is 0 Å². The Balaban J connectivity index is 1.45. The smallest absolute Gasteiger partial charge is 0.274 e. The van der Waals surface area contributed by atoms with Gasteiger partial charge in [0.2, 0.25) is 5.82 Å². The average Bonchev–Trinajstić information content (AvgIpc) is 3.57. The fraction of sp³-hybridized carbons (Fsp3) is 0.250. The molecule has 36 heavy (non-hydrogen) atoms. The summed E-state index contributed by atoms with van der Waals surface area (Å²) in [6, 6.07) is 24.3. The molecule has 0 spiro atoms. The predicted molar refractivity (Wildman–Crippen MR) is 140 cm³/mol. The van der Waals surface area contributed by atoms with Gasteiger partial charge in [-0.25, -0.2) is 4.79 Å². The molecule has 0 saturated heterocycles. The van der Waals surface area contributed by atoms with Gasteiger partial charge in [-0.3, -0.25) is 4.57 Å². The van der Waals surface area contributed by atoms with E-state index in [1.54, 1.807) is 4.57 Å². The summed E-state index contributed by atoms with van der Waals surface area (Å²) in [5.41, 5.74) is 5.93. The third-order valence-corrected chi connectivity index (χ3v) is 6.40. The molecule has 1 N–H and O–H groups in total. The highest BCUT2D eigenvalue weighted by Gasteiger charge is 2.16. The summed E-state index contributed by atoms with van der Waals surface area (Å²) >= 11 is 0. The zero-order valence-electron chi connectivity index (χ0n) is 20.6. The van der Waals surface area contributed by atoms with E-state index < -0.39 is 0 Å². The Morgan fingerprint density at radius 1 is 0.861 bits per heavy atom. The van der Waals surface area contributed by atoms with E-state index in [1.165, 1.54) is 10.2 Å². The van der Waals surface area contributed by atoms with Gasteiger partial charge in [-0.05, 0) is 52.4 Å². The molecule has 0 amide bonds. The molecule has 8 nitrogen and oxygen atoms in total. The Morgan fingerprint density at radius 3 is 2.25 bits per heavy atom. The van der Waals surface area contributed by atoms with E-state index in [0.717, 1.165) is 59.4 Å². The minimum absolute atomic E-state index is 0.114. The number of hydrogen-bond donors (Lipinski definition) is 1. The van der Waals surface area contributed by atoms with Crippen molar-refractivity contribution < 1.29 is 0 Å². The number of nitrogens with zero attached hydrogens (tertiary/aromatic N) is 6. The van der Waals surface area contributed by atoms with Crippen LogP contribution < -0.4 is 5.69 Å². The summed E-state index contributed by atoms with van der Waals surface area (Å²) in [5.74, 6) is 1.37. The van der Waals surface area contributed by atoms with E-state index in [1.807, 2.05) is 36.4 Å². The topological polar surface area (TPSA) is 94.3 Å². The molecule has 0 aliphatic heterocycles. The van der Waals surface area contributed by atoms with E-state index >= 15 is 0 Å². The first-order valence-electron chi connectivity index (χ1n) is 12.4. The van der Waals surface area contributed by atoms with Crippen molar-refractivity contribution in [3.05, 3.63) is 100 Å². The van der Waals surface area contributed by atoms with Crippen LogP contribution in [-0.2, 0) is 19.4 Å². The van der Waals surface area contributed by atoms with Gasteiger partial charge in [-0.2, -0.15) is 9.90 Å². The van der Waals surface area contributed by atoms with Crippen molar-refractivity contribution in [2.45, 2.75) is 46.1 Å². The van der Waals surface area contributed by atoms with Crippen molar-refractivity contribution in [2.75, 3.05) is 0 Å². The van der Waals surface area contributed by atoms with Crippen molar-refractivity contribution in [3.63, 3.8) is 0 Å². The minimum atomic E-state index is -0.114. The molecule has 182 valence electrons. The second kappa shape index (κ2) is 10.5. The van der Waals surface area contributed by atoms with Gasteiger partial charge in [-0.15, -0.1) is 15.3 Å². The van der Waals surface area contributed by atoms with Crippen LogP contribution in [0.1, 0.15) is 43.6 Å². The molecule has 2 heterocycles. The molecule has 8 heteroatoms. The van der Waals surface area contributed by atoms with E-state index in [2.05, 4.69) is 70.9 Å². The Morgan fingerprint density at radius 2 is 1.58 bits per heavy atom. The highest BCUT2D eigenvalue weighted by molar-refractivity contribution is 5.80. The summed E-state index contributed by atoms with van der Waals surface area (Å²) in [6.45, 7) is 4.74. The molecule has 0 saturated carbocycles. The van der Waals surface area contributed by atoms with Gasteiger partial charge in [0.05, 0.1) is 12.2 Å². The maximum absolute atomic E-state index is 13.4. The van der Waals surface area contributed by atoms with Crippen molar-refractivity contribution in [1.82, 2.24) is 35.0 Å². The number of benzene rings is 3. The van der Waals surface area contributed by atoms with Crippen LogP contribution in [-0.4, -0.2) is 35.0 Å². The SMILES string of the molecule is CCCCc1nn(-c2ccc(CC)cc2)c(=O)n1Cc1ccc(-c2ccccc2-c2nn[nH]n2)cc1. The van der Waals surface area contributed by atoms with E-state index in [0.29, 0.717) is 12.4 Å². The van der Waals surface area contributed by atoms with E-state index in [4.69, 9.17) is 5.10 Å². The lowest BCUT2D eigenvalue weighted by atomic mass is 9.98. The van der Waals surface area contributed by atoms with Crippen LogP contribution in [0.5, 0.6) is 0 Å². The molecule has 2 aromatic heterocycles. The zero-order valence-corrected chi connectivity index (χ0v) is 20.6. The highest BCUT2D eigenvalue weighted by Crippen LogP contribution is 2.29. The number of aryl methyl sites for hydroxylation is 2. The first-order valence-corrected chi connectivity index (χ1v) is 12.4. The van der Waals surface area contributed by atoms with Gasteiger partial charge in [-0.1, -0.05) is 80.9 Å². The fourth-order valence-electron chi connectivity index (χ4n) is 4.33. The lowest BCUT2D eigenvalue weighted by Gasteiger charge is -2.09. The number of H-pyrrole nitrogens is 1. The molecule has 3 aromatic carbocycles. The molecule has 0 radical (unpaired) electrons. The first kappa shape index (κ1) is 23.4. The molecular weight excluding hydrogens is 450 g/mol. The minimum Gasteiger partial charge on any atom is -0.274 e. The molecular formula is C28H29N7O. The highest BCUT2D eigenvalue weighted by atomic mass is 16.2. The fourth-order valence-corrected chi connectivity index (χ4v) is 4.33. The zero-order chi connectivity index (χ0) is 24.9. The Bertz CT molecular complexity index is 1480. The summed E-state index contributed by atoms with van der Waals surface area (Å²) in [5, 5.41) is 19.2. The van der Waals surface area contributed by atoms with E-state index in [-0.39, 0.29) is 5.69 Å². The van der Waals surface area contributed by atoms with Crippen molar-refractivity contribution in [3.8, 4) is 28.2 Å². The van der Waals surface area contributed by atoms with Crippen LogP contribution in [0, 0.1) is 0 Å². The van der Waals surface area contributed by atoms with Gasteiger partial charge < -0.3 is 0 Å². The van der Waals surface area contributed by atoms with Gasteiger partial charge in [0.15, 0.2) is 0 Å². The van der Waals surface area contributed by atoms with Crippen molar-refractivity contribution in [2.24, 2.45) is 0 Å². The van der Waals surface area contributed by atoms with Crippen molar-refractivity contribution >= 4 is 0 Å². The summed E-state index contributed by atoms with van der Waals surface area (Å²) in [4.78, 5) is 13.4. The average molecular weight is 480 g/mol. The molecule has 5 aromatic rings. The van der Waals surface area contributed by atoms with Crippen molar-refractivity contribution in [1.29, 1.82) is 0 Å². The second-order valence-electron chi connectivity index (χ2n) is 8.80. The Kier molecular flexibility index (Phi) is 6.84. The van der Waals surface area contributed by atoms with Crippen LogP contribution in [0.15, 0.2) is 77.6 Å². The third-order valence-electron chi connectivity index (χ3n) is 6.40. The summed E-state index contributed by atoms with van der Waals surface area (Å²) < 4.78 is 3.33. The standard InChI is InChI=1S/C28H29N7O/c1-3-5-10-26-31-35(23-17-13-20(4-2)14-18-23)28(36)34(26)19-21-11-15-22(16-12-21)24-8-6-7-9-25(24)27-29-32-33-30-27/h6-9,11-18H,3-5,10,19H2,1-2H3,(H,29,30,32,33). The number of unbranched alkanes of at least 4 members (excludes halogenated alkanes) is 1. The maximum atomic E-state index is 13.4. The Labute approximate surface area is 209 Å². The predicted octanol–water partition coefficient (Wildman–Crippen LogP) is 4.83. The number of nitrogens with one attached hydrogen (secondary N) is 1. The normalized spacial score (nSPS) is 11.2. The molecule has 0 fully saturated rings. The number of aromatic amines is 1. The lowest BCUT2D eigenvalue weighted by molar-refractivity contribution is 0.666. The van der Waals surface area contributed by atoms with Crippen LogP contribution in [0.3, 0.4) is 0 Å². The monoisotopic (exact) mass is 479 g/mol. The molecule has 5 rings (SSSR count). The van der Waals surface area contributed by atoms with Gasteiger partial charge in [0, 0.05) is 12.0 Å². The second-order valence-corrected chi connectivity index (χ2v) is 8.80. The maximum Gasteiger partial charge on any atom is 0.351 e. The molecule has 0 aliphatic carbocycles. The summed E-state index contributed by atoms with van der Waals surface area (Å²) in [7, 11) is 0. The number of rotatable bonds is 9. The quantitative estimate of drug-likeness (QED) is 0.327. The van der Waals surface area contributed by atoms with Gasteiger partial charge in [0.1, 0.15) is 5.82 Å². The number of hydrogen-bond acceptors (Lipinski definition) is 5. The number of aromatic nitrogens is 7. The largest absolute Gasteiger partial charge is 0.351 e. The van der Waals surface area contributed by atoms with Gasteiger partial charge in [0.25, 0.3) is 0 Å². The first-order chi connectivity index (χ1) is 17.7. The molecule has 0 atom stereocenters. The third kappa shape index (κ3) is 4.75. The molecule has 0 unspecified atom stereocenters. The van der Waals surface area contributed by atoms with Crippen LogP contribution in [0.2, 0.25) is 0 Å². The van der Waals surface area contributed by atoms with Crippen LogP contribution in [0.25, 0.3) is 28.2 Å². The molecule has 0 bridgehead atoms. The number of tetrazole rings is 1. The van der Waals surface area contributed by atoms with Gasteiger partial charge >= 0.3 is 5.69 Å². The molecule has 0 aliphatic rings. The summed E-state index contributed by atoms with van der Waals surface area (Å²) in [6.07, 6.45) is 3.75. The van der Waals surface area contributed by atoms with E-state index in [9.17, 15) is 4.79 Å². The Hall–Kier alpha value is -4.33.